The van der Waals surface area contributed by atoms with Crippen LogP contribution in [0.2, 0.25) is 0 Å². The fourth-order valence-corrected chi connectivity index (χ4v) is 4.69. The molecule has 0 saturated carbocycles. The number of aliphatic carboxylic acids is 1. The summed E-state index contributed by atoms with van der Waals surface area (Å²) in [5.41, 5.74) is 1.00. The number of aliphatic hydroxyl groups excluding tert-OH is 1. The average Bonchev–Trinajstić information content (AvgIpc) is 2.93. The smallest absolute Gasteiger partial charge is 0.353 e. The molecule has 3 atom stereocenters. The predicted molar refractivity (Wildman–Crippen MR) is 104 cm³/mol. The Morgan fingerprint density at radius 3 is 2.73 bits per heavy atom. The number of aliphatic hydroxyl groups is 1. The van der Waals surface area contributed by atoms with E-state index in [1.54, 1.807) is 6.92 Å². The predicted octanol–water partition coefficient (Wildman–Crippen LogP) is 1.59. The number of carboxylic acids is 1. The summed E-state index contributed by atoms with van der Waals surface area (Å²) in [6.45, 7) is 2.16. The van der Waals surface area contributed by atoms with Crippen molar-refractivity contribution in [1.29, 1.82) is 0 Å². The summed E-state index contributed by atoms with van der Waals surface area (Å²) in [5.74, 6) is -1.28. The highest BCUT2D eigenvalue weighted by molar-refractivity contribution is 8.03. The second-order valence-electron chi connectivity index (χ2n) is 6.29. The lowest BCUT2D eigenvalue weighted by Crippen LogP contribution is -2.61. The molecule has 138 valence electrons. The second kappa shape index (κ2) is 7.77. The lowest BCUT2D eigenvalue weighted by molar-refractivity contribution is -0.161. The highest BCUT2D eigenvalue weighted by Crippen LogP contribution is 2.46. The SMILES string of the molecule is C[C@@H](O)[C@H]1C(=O)N2C(C(=O)O)=C(SCCNC(=S)c3ccccc3)C[C@H]12. The fourth-order valence-electron chi connectivity index (χ4n) is 3.39. The highest BCUT2D eigenvalue weighted by Gasteiger charge is 2.56. The van der Waals surface area contributed by atoms with Crippen molar-refractivity contribution in [2.24, 2.45) is 5.92 Å². The number of thioether (sulfide) groups is 1. The number of nitrogens with one attached hydrogen (secondary N) is 1. The molecule has 0 aromatic heterocycles. The molecule has 3 rings (SSSR count). The largest absolute Gasteiger partial charge is 0.477 e. The van der Waals surface area contributed by atoms with E-state index >= 15 is 0 Å². The zero-order valence-corrected chi connectivity index (χ0v) is 15.8. The van der Waals surface area contributed by atoms with Crippen LogP contribution in [0.25, 0.3) is 0 Å². The van der Waals surface area contributed by atoms with Gasteiger partial charge in [-0.1, -0.05) is 42.5 Å². The van der Waals surface area contributed by atoms with E-state index in [2.05, 4.69) is 5.32 Å². The molecule has 1 amide bonds. The van der Waals surface area contributed by atoms with E-state index in [1.807, 2.05) is 30.3 Å². The van der Waals surface area contributed by atoms with E-state index in [4.69, 9.17) is 12.2 Å². The summed E-state index contributed by atoms with van der Waals surface area (Å²) in [5, 5.41) is 22.4. The van der Waals surface area contributed by atoms with E-state index < -0.39 is 18.0 Å². The molecule has 1 fully saturated rings. The molecule has 0 unspecified atom stereocenters. The van der Waals surface area contributed by atoms with Crippen molar-refractivity contribution in [2.75, 3.05) is 12.3 Å². The molecule has 1 aromatic carbocycles. The number of carboxylic acid groups (broad SMARTS) is 1. The van der Waals surface area contributed by atoms with E-state index in [0.717, 1.165) is 5.56 Å². The lowest BCUT2D eigenvalue weighted by Gasteiger charge is -2.44. The topological polar surface area (TPSA) is 89.9 Å². The molecule has 1 saturated heterocycles. The van der Waals surface area contributed by atoms with Gasteiger partial charge in [-0.2, -0.15) is 0 Å². The average molecular weight is 393 g/mol. The Bertz CT molecular complexity index is 764. The van der Waals surface area contributed by atoms with Crippen molar-refractivity contribution in [3.63, 3.8) is 0 Å². The minimum atomic E-state index is -1.10. The van der Waals surface area contributed by atoms with Crippen LogP contribution in [-0.2, 0) is 9.59 Å². The van der Waals surface area contributed by atoms with Crippen molar-refractivity contribution >= 4 is 40.8 Å². The second-order valence-corrected chi connectivity index (χ2v) is 7.89. The molecular weight excluding hydrogens is 372 g/mol. The van der Waals surface area contributed by atoms with Gasteiger partial charge < -0.3 is 20.4 Å². The van der Waals surface area contributed by atoms with E-state index in [1.165, 1.54) is 16.7 Å². The lowest BCUT2D eigenvalue weighted by atomic mass is 9.83. The van der Waals surface area contributed by atoms with Crippen molar-refractivity contribution in [1.82, 2.24) is 10.2 Å². The van der Waals surface area contributed by atoms with Gasteiger partial charge >= 0.3 is 5.97 Å². The number of fused-ring (bicyclic) bond motifs is 1. The summed E-state index contributed by atoms with van der Waals surface area (Å²) in [6.07, 6.45) is -0.287. The van der Waals surface area contributed by atoms with Crippen molar-refractivity contribution in [2.45, 2.75) is 25.5 Å². The molecular formula is C18H20N2O4S2. The van der Waals surface area contributed by atoms with Gasteiger partial charge in [-0.3, -0.25) is 4.79 Å². The molecule has 2 aliphatic rings. The van der Waals surface area contributed by atoms with Crippen LogP contribution in [0.4, 0.5) is 0 Å². The van der Waals surface area contributed by atoms with Crippen molar-refractivity contribution in [3.8, 4) is 0 Å². The first kappa shape index (κ1) is 18.9. The molecule has 6 nitrogen and oxygen atoms in total. The van der Waals surface area contributed by atoms with Crippen LogP contribution in [-0.4, -0.2) is 56.4 Å². The number of carbonyl (C=O) groups is 2. The maximum atomic E-state index is 12.2. The van der Waals surface area contributed by atoms with Gasteiger partial charge in [0.25, 0.3) is 0 Å². The first-order chi connectivity index (χ1) is 12.4. The van der Waals surface area contributed by atoms with Crippen LogP contribution in [0.15, 0.2) is 40.9 Å². The van der Waals surface area contributed by atoms with Gasteiger partial charge in [0.1, 0.15) is 10.7 Å². The summed E-state index contributed by atoms with van der Waals surface area (Å²) in [7, 11) is 0. The third-order valence-corrected chi connectivity index (χ3v) is 6.09. The monoisotopic (exact) mass is 392 g/mol. The molecule has 2 aliphatic heterocycles. The molecule has 0 aliphatic carbocycles. The van der Waals surface area contributed by atoms with Gasteiger partial charge in [0.15, 0.2) is 0 Å². The zero-order chi connectivity index (χ0) is 18.8. The summed E-state index contributed by atoms with van der Waals surface area (Å²) < 4.78 is 0. The van der Waals surface area contributed by atoms with E-state index in [-0.39, 0.29) is 17.6 Å². The standard InChI is InChI=1S/C18H20N2O4S2/c1-10(21)14-12-9-13(15(18(23)24)20(12)17(14)22)26-8-7-19-16(25)11-5-3-2-4-6-11/h2-6,10,12,14,21H,7-9H2,1H3,(H,19,25)(H,23,24)/t10-,12-,14-/m1/s1. The summed E-state index contributed by atoms with van der Waals surface area (Å²) in [6, 6.07) is 9.37. The number of β-lactam (4-membered cyclic amide) rings is 1. The third-order valence-electron chi connectivity index (χ3n) is 4.59. The third kappa shape index (κ3) is 3.49. The van der Waals surface area contributed by atoms with Crippen LogP contribution in [0.1, 0.15) is 18.9 Å². The normalized spacial score (nSPS) is 22.7. The maximum Gasteiger partial charge on any atom is 0.353 e. The van der Waals surface area contributed by atoms with Crippen LogP contribution >= 0.6 is 24.0 Å². The number of rotatable bonds is 7. The molecule has 8 heteroatoms. The van der Waals surface area contributed by atoms with Gasteiger partial charge in [-0.25, -0.2) is 4.79 Å². The number of benzene rings is 1. The van der Waals surface area contributed by atoms with Gasteiger partial charge in [0.2, 0.25) is 5.91 Å². The maximum absolute atomic E-state index is 12.2. The fraction of sp³-hybridized carbons (Fsp3) is 0.389. The first-order valence-electron chi connectivity index (χ1n) is 8.35. The molecule has 2 heterocycles. The van der Waals surface area contributed by atoms with Crippen LogP contribution in [0, 0.1) is 5.92 Å². The Hall–Kier alpha value is -1.90. The van der Waals surface area contributed by atoms with Gasteiger partial charge in [-0.05, 0) is 6.92 Å². The molecule has 0 radical (unpaired) electrons. The molecule has 0 bridgehead atoms. The minimum absolute atomic E-state index is 0.0625. The number of hydrogen-bond donors (Lipinski definition) is 3. The number of hydrogen-bond acceptors (Lipinski definition) is 5. The van der Waals surface area contributed by atoms with Crippen molar-refractivity contribution < 1.29 is 19.8 Å². The van der Waals surface area contributed by atoms with E-state index in [9.17, 15) is 19.8 Å². The Kier molecular flexibility index (Phi) is 5.64. The quantitative estimate of drug-likeness (QED) is 0.369. The minimum Gasteiger partial charge on any atom is -0.477 e. The van der Waals surface area contributed by atoms with Gasteiger partial charge in [0, 0.05) is 29.2 Å². The van der Waals surface area contributed by atoms with Crippen molar-refractivity contribution in [3.05, 3.63) is 46.5 Å². The van der Waals surface area contributed by atoms with E-state index in [0.29, 0.717) is 28.6 Å². The number of amides is 1. The molecule has 26 heavy (non-hydrogen) atoms. The van der Waals surface area contributed by atoms with Gasteiger partial charge in [-0.15, -0.1) is 11.8 Å². The zero-order valence-electron chi connectivity index (χ0n) is 14.2. The van der Waals surface area contributed by atoms with Crippen LogP contribution in [0.5, 0.6) is 0 Å². The molecule has 3 N–H and O–H groups in total. The Morgan fingerprint density at radius 2 is 2.12 bits per heavy atom. The first-order valence-corrected chi connectivity index (χ1v) is 9.74. The Labute approximate surface area is 161 Å². The van der Waals surface area contributed by atoms with Crippen LogP contribution < -0.4 is 5.32 Å². The van der Waals surface area contributed by atoms with Gasteiger partial charge in [0.05, 0.1) is 18.1 Å². The Balaban J connectivity index is 1.57. The molecule has 0 spiro atoms. The Morgan fingerprint density at radius 1 is 1.42 bits per heavy atom. The summed E-state index contributed by atoms with van der Waals surface area (Å²) >= 11 is 6.76. The number of thiocarbonyl (C=S) groups is 1. The highest BCUT2D eigenvalue weighted by atomic mass is 32.2. The number of carbonyl (C=O) groups excluding carboxylic acids is 1. The summed E-state index contributed by atoms with van der Waals surface area (Å²) in [4.78, 5) is 26.4. The number of nitrogens with zero attached hydrogens (tertiary/aromatic N) is 1. The molecule has 1 aromatic rings. The van der Waals surface area contributed by atoms with Crippen LogP contribution in [0.3, 0.4) is 0 Å².